The number of sulfonamides is 1. The van der Waals surface area contributed by atoms with E-state index in [9.17, 15) is 13.2 Å². The third-order valence-electron chi connectivity index (χ3n) is 2.78. The van der Waals surface area contributed by atoms with Gasteiger partial charge in [-0.2, -0.15) is 0 Å². The summed E-state index contributed by atoms with van der Waals surface area (Å²) < 4.78 is 26.8. The van der Waals surface area contributed by atoms with Gasteiger partial charge in [0.2, 0.25) is 0 Å². The van der Waals surface area contributed by atoms with Crippen LogP contribution < -0.4 is 4.72 Å². The standard InChI is InChI=1S/C13H14N2O4S2/c1-9-14-8-13(20-9)21(18,19)15-7-11-5-3-2-4-10(11)6-12(16)17/h2-5,8,15H,6-7H2,1H3,(H,16,17). The molecule has 1 aromatic heterocycles. The third-order valence-corrected chi connectivity index (χ3v) is 5.55. The van der Waals surface area contributed by atoms with Crippen LogP contribution in [0.15, 0.2) is 34.7 Å². The number of hydrogen-bond donors (Lipinski definition) is 2. The molecule has 0 bridgehead atoms. The molecule has 0 amide bonds. The number of aliphatic carboxylic acids is 1. The molecule has 8 heteroatoms. The Hall–Kier alpha value is -1.77. The molecular formula is C13H14N2O4S2. The lowest BCUT2D eigenvalue weighted by Gasteiger charge is -2.08. The number of thiazole rings is 1. The molecular weight excluding hydrogens is 312 g/mol. The fraction of sp³-hybridized carbons (Fsp3) is 0.231. The molecule has 0 fully saturated rings. The van der Waals surface area contributed by atoms with Crippen LogP contribution in [0.2, 0.25) is 0 Å². The summed E-state index contributed by atoms with van der Waals surface area (Å²) in [5, 5.41) is 9.52. The van der Waals surface area contributed by atoms with Gasteiger partial charge in [-0.05, 0) is 18.1 Å². The van der Waals surface area contributed by atoms with E-state index in [1.807, 2.05) is 0 Å². The average molecular weight is 326 g/mol. The predicted octanol–water partition coefficient (Wildman–Crippen LogP) is 1.56. The van der Waals surface area contributed by atoms with Crippen LogP contribution in [0.3, 0.4) is 0 Å². The van der Waals surface area contributed by atoms with E-state index in [-0.39, 0.29) is 17.2 Å². The number of carbonyl (C=O) groups is 1. The van der Waals surface area contributed by atoms with Gasteiger partial charge in [-0.1, -0.05) is 24.3 Å². The number of aryl methyl sites for hydroxylation is 1. The Bertz CT molecular complexity index is 753. The molecule has 2 rings (SSSR count). The first kappa shape index (κ1) is 15.6. The zero-order valence-corrected chi connectivity index (χ0v) is 12.9. The Morgan fingerprint density at radius 1 is 1.33 bits per heavy atom. The quantitative estimate of drug-likeness (QED) is 0.840. The summed E-state index contributed by atoms with van der Waals surface area (Å²) in [6.07, 6.45) is 1.17. The molecule has 6 nitrogen and oxygen atoms in total. The second kappa shape index (κ2) is 6.33. The molecule has 1 heterocycles. The van der Waals surface area contributed by atoms with Gasteiger partial charge >= 0.3 is 5.97 Å². The number of nitrogens with one attached hydrogen (secondary N) is 1. The van der Waals surface area contributed by atoms with Gasteiger partial charge < -0.3 is 5.11 Å². The van der Waals surface area contributed by atoms with Crippen molar-refractivity contribution in [2.24, 2.45) is 0 Å². The fourth-order valence-corrected chi connectivity index (χ4v) is 3.93. The molecule has 0 aliphatic rings. The van der Waals surface area contributed by atoms with Crippen molar-refractivity contribution in [1.29, 1.82) is 0 Å². The highest BCUT2D eigenvalue weighted by Crippen LogP contribution is 2.18. The topological polar surface area (TPSA) is 96.4 Å². The van der Waals surface area contributed by atoms with Gasteiger partial charge in [0.05, 0.1) is 17.6 Å². The molecule has 0 aliphatic carbocycles. The molecule has 112 valence electrons. The minimum atomic E-state index is -3.62. The van der Waals surface area contributed by atoms with Gasteiger partial charge in [-0.3, -0.25) is 4.79 Å². The molecule has 0 unspecified atom stereocenters. The van der Waals surface area contributed by atoms with Crippen LogP contribution in [0.1, 0.15) is 16.1 Å². The highest BCUT2D eigenvalue weighted by molar-refractivity contribution is 7.91. The Morgan fingerprint density at radius 2 is 2.00 bits per heavy atom. The number of carboxylic acids is 1. The first-order chi connectivity index (χ1) is 9.88. The smallest absolute Gasteiger partial charge is 0.307 e. The van der Waals surface area contributed by atoms with E-state index < -0.39 is 16.0 Å². The summed E-state index contributed by atoms with van der Waals surface area (Å²) in [6.45, 7) is 1.77. The van der Waals surface area contributed by atoms with Gasteiger partial charge in [-0.25, -0.2) is 18.1 Å². The van der Waals surface area contributed by atoms with Gasteiger partial charge in [0.25, 0.3) is 10.0 Å². The van der Waals surface area contributed by atoms with E-state index in [1.54, 1.807) is 31.2 Å². The Labute approximate surface area is 126 Å². The lowest BCUT2D eigenvalue weighted by Crippen LogP contribution is -2.23. The number of nitrogens with zero attached hydrogens (tertiary/aromatic N) is 1. The van der Waals surface area contributed by atoms with E-state index in [4.69, 9.17) is 5.11 Å². The van der Waals surface area contributed by atoms with Gasteiger partial charge in [0.15, 0.2) is 4.21 Å². The molecule has 0 saturated heterocycles. The second-order valence-corrected chi connectivity index (χ2v) is 7.59. The Balaban J connectivity index is 2.15. The molecule has 21 heavy (non-hydrogen) atoms. The zero-order valence-electron chi connectivity index (χ0n) is 11.2. The van der Waals surface area contributed by atoms with Crippen molar-refractivity contribution in [2.45, 2.75) is 24.1 Å². The number of aromatic nitrogens is 1. The van der Waals surface area contributed by atoms with Crippen molar-refractivity contribution in [3.8, 4) is 0 Å². The van der Waals surface area contributed by atoms with E-state index in [0.717, 1.165) is 11.3 Å². The van der Waals surface area contributed by atoms with Crippen LogP contribution in [-0.4, -0.2) is 24.5 Å². The molecule has 2 N–H and O–H groups in total. The predicted molar refractivity (Wildman–Crippen MR) is 78.7 cm³/mol. The van der Waals surface area contributed by atoms with Crippen molar-refractivity contribution in [1.82, 2.24) is 9.71 Å². The second-order valence-electron chi connectivity index (χ2n) is 4.36. The molecule has 0 atom stereocenters. The van der Waals surface area contributed by atoms with Crippen LogP contribution >= 0.6 is 11.3 Å². The summed E-state index contributed by atoms with van der Waals surface area (Å²) in [5.74, 6) is -0.955. The van der Waals surface area contributed by atoms with Crippen LogP contribution in [0.5, 0.6) is 0 Å². The summed E-state index contributed by atoms with van der Waals surface area (Å²) in [7, 11) is -3.62. The van der Waals surface area contributed by atoms with E-state index in [1.165, 1.54) is 6.20 Å². The van der Waals surface area contributed by atoms with Crippen LogP contribution in [0.25, 0.3) is 0 Å². The van der Waals surface area contributed by atoms with Crippen LogP contribution in [0, 0.1) is 6.92 Å². The summed E-state index contributed by atoms with van der Waals surface area (Å²) in [5.41, 5.74) is 1.23. The van der Waals surface area contributed by atoms with Crippen molar-refractivity contribution < 1.29 is 18.3 Å². The van der Waals surface area contributed by atoms with Crippen molar-refractivity contribution in [2.75, 3.05) is 0 Å². The van der Waals surface area contributed by atoms with Crippen LogP contribution in [-0.2, 0) is 27.8 Å². The molecule has 0 saturated carbocycles. The van der Waals surface area contributed by atoms with Crippen molar-refractivity contribution in [3.63, 3.8) is 0 Å². The maximum absolute atomic E-state index is 12.1. The first-order valence-electron chi connectivity index (χ1n) is 6.09. The van der Waals surface area contributed by atoms with Crippen molar-refractivity contribution in [3.05, 3.63) is 46.6 Å². The Kier molecular flexibility index (Phi) is 4.71. The SMILES string of the molecule is Cc1ncc(S(=O)(=O)NCc2ccccc2CC(=O)O)s1. The lowest BCUT2D eigenvalue weighted by molar-refractivity contribution is -0.136. The minimum Gasteiger partial charge on any atom is -0.481 e. The largest absolute Gasteiger partial charge is 0.481 e. The monoisotopic (exact) mass is 326 g/mol. The van der Waals surface area contributed by atoms with Crippen molar-refractivity contribution >= 4 is 27.3 Å². The van der Waals surface area contributed by atoms with E-state index in [2.05, 4.69) is 9.71 Å². The Morgan fingerprint density at radius 3 is 2.57 bits per heavy atom. The number of carboxylic acid groups (broad SMARTS) is 1. The van der Waals surface area contributed by atoms with Gasteiger partial charge in [-0.15, -0.1) is 11.3 Å². The highest BCUT2D eigenvalue weighted by Gasteiger charge is 2.17. The minimum absolute atomic E-state index is 0.0444. The maximum Gasteiger partial charge on any atom is 0.307 e. The fourth-order valence-electron chi connectivity index (χ4n) is 1.78. The van der Waals surface area contributed by atoms with Gasteiger partial charge in [0.1, 0.15) is 0 Å². The third kappa shape index (κ3) is 4.10. The summed E-state index contributed by atoms with van der Waals surface area (Å²) in [6, 6.07) is 6.85. The zero-order chi connectivity index (χ0) is 15.5. The molecule has 0 aliphatic heterocycles. The summed E-state index contributed by atoms with van der Waals surface area (Å²) in [4.78, 5) is 14.7. The van der Waals surface area contributed by atoms with E-state index in [0.29, 0.717) is 16.1 Å². The molecule has 2 aromatic rings. The highest BCUT2D eigenvalue weighted by atomic mass is 32.2. The lowest BCUT2D eigenvalue weighted by atomic mass is 10.1. The molecule has 1 aromatic carbocycles. The number of hydrogen-bond acceptors (Lipinski definition) is 5. The summed E-state index contributed by atoms with van der Waals surface area (Å²) >= 11 is 1.09. The maximum atomic E-state index is 12.1. The molecule has 0 spiro atoms. The van der Waals surface area contributed by atoms with Crippen LogP contribution in [0.4, 0.5) is 0 Å². The molecule has 0 radical (unpaired) electrons. The normalized spacial score (nSPS) is 11.5. The average Bonchev–Trinajstić information content (AvgIpc) is 2.85. The number of benzene rings is 1. The first-order valence-corrected chi connectivity index (χ1v) is 8.39. The van der Waals surface area contributed by atoms with Gasteiger partial charge in [0, 0.05) is 6.54 Å². The number of rotatable bonds is 6. The van der Waals surface area contributed by atoms with E-state index >= 15 is 0 Å².